The van der Waals surface area contributed by atoms with E-state index in [1.165, 1.54) is 0 Å². The average molecular weight is 410 g/mol. The highest BCUT2D eigenvalue weighted by atomic mass is 32.2. The molecule has 4 rings (SSSR count). The number of hydrogen-bond donors (Lipinski definition) is 0. The third-order valence-electron chi connectivity index (χ3n) is 6.09. The Hall–Kier alpha value is -1.71. The molecule has 1 amide bonds. The van der Waals surface area contributed by atoms with Gasteiger partial charge in [-0.2, -0.15) is 0 Å². The number of fused-ring (bicyclic) bond motifs is 4. The highest BCUT2D eigenvalue weighted by Gasteiger charge is 2.39. The number of hydrogen-bond acceptors (Lipinski definition) is 5. The Morgan fingerprint density at radius 2 is 2.00 bits per heavy atom. The van der Waals surface area contributed by atoms with Crippen molar-refractivity contribution in [1.29, 1.82) is 0 Å². The molecule has 0 radical (unpaired) electrons. The number of morpholine rings is 1. The molecule has 2 saturated heterocycles. The molecule has 28 heavy (non-hydrogen) atoms. The van der Waals surface area contributed by atoms with Gasteiger partial charge >= 0.3 is 0 Å². The molecule has 0 spiro atoms. The monoisotopic (exact) mass is 409 g/mol. The standard InChI is InChI=1S/C19H27N3O5S/c1-3-28(25,26)21-10-14-8-15(12-21)17-5-4-16(19(24)22(17)11-14)18(23)20-6-7-27-13(2)9-20/h4-5,13-15H,3,6-12H2,1-2H3/t13-,14-,15+/m0/s1. The highest BCUT2D eigenvalue weighted by molar-refractivity contribution is 7.89. The molecule has 0 unspecified atom stereocenters. The zero-order valence-corrected chi connectivity index (χ0v) is 17.2. The SMILES string of the molecule is CCS(=O)(=O)N1C[C@@H]2C[C@H](C1)c1ccc(C(=O)N3CCO[C@@H](C)C3)c(=O)n1C2. The first-order chi connectivity index (χ1) is 13.3. The lowest BCUT2D eigenvalue weighted by Crippen LogP contribution is -2.51. The predicted octanol–water partition coefficient (Wildman–Crippen LogP) is 0.478. The molecule has 0 N–H and O–H groups in total. The molecule has 3 atom stereocenters. The van der Waals surface area contributed by atoms with Crippen molar-refractivity contribution < 1.29 is 17.9 Å². The summed E-state index contributed by atoms with van der Waals surface area (Å²) in [6.45, 7) is 6.32. The van der Waals surface area contributed by atoms with E-state index in [4.69, 9.17) is 4.74 Å². The minimum atomic E-state index is -3.24. The lowest BCUT2D eigenvalue weighted by Gasteiger charge is -2.42. The average Bonchev–Trinajstić information content (AvgIpc) is 2.68. The number of piperidine rings is 1. The Morgan fingerprint density at radius 1 is 1.21 bits per heavy atom. The summed E-state index contributed by atoms with van der Waals surface area (Å²) in [6, 6.07) is 3.45. The van der Waals surface area contributed by atoms with Crippen LogP contribution in [-0.2, 0) is 21.3 Å². The summed E-state index contributed by atoms with van der Waals surface area (Å²) >= 11 is 0. The third kappa shape index (κ3) is 3.40. The summed E-state index contributed by atoms with van der Waals surface area (Å²) in [7, 11) is -3.24. The van der Waals surface area contributed by atoms with E-state index in [0.29, 0.717) is 39.3 Å². The zero-order chi connectivity index (χ0) is 20.1. The Bertz CT molecular complexity index is 941. The number of ether oxygens (including phenoxy) is 1. The number of pyridine rings is 1. The molecule has 4 heterocycles. The number of carbonyl (C=O) groups excluding carboxylic acids is 1. The topological polar surface area (TPSA) is 88.9 Å². The number of rotatable bonds is 3. The van der Waals surface area contributed by atoms with E-state index in [1.54, 1.807) is 26.8 Å². The predicted molar refractivity (Wildman–Crippen MR) is 104 cm³/mol. The molecule has 1 aromatic rings. The van der Waals surface area contributed by atoms with Gasteiger partial charge in [-0.1, -0.05) is 0 Å². The number of amides is 1. The molecule has 3 aliphatic rings. The van der Waals surface area contributed by atoms with E-state index in [1.807, 2.05) is 13.0 Å². The summed E-state index contributed by atoms with van der Waals surface area (Å²) in [5, 5.41) is 0. The van der Waals surface area contributed by atoms with Gasteiger partial charge in [0.15, 0.2) is 0 Å². The molecule has 2 bridgehead atoms. The van der Waals surface area contributed by atoms with Crippen molar-refractivity contribution in [3.05, 3.63) is 33.7 Å². The summed E-state index contributed by atoms with van der Waals surface area (Å²) in [5.74, 6) is -0.0699. The van der Waals surface area contributed by atoms with Crippen molar-refractivity contribution in [3.63, 3.8) is 0 Å². The summed E-state index contributed by atoms with van der Waals surface area (Å²) in [4.78, 5) is 27.7. The Balaban J connectivity index is 1.63. The summed E-state index contributed by atoms with van der Waals surface area (Å²) in [5.41, 5.74) is 0.767. The van der Waals surface area contributed by atoms with Crippen molar-refractivity contribution in [1.82, 2.24) is 13.8 Å². The van der Waals surface area contributed by atoms with E-state index in [9.17, 15) is 18.0 Å². The van der Waals surface area contributed by atoms with Crippen LogP contribution in [0.1, 0.15) is 42.2 Å². The van der Waals surface area contributed by atoms with Crippen LogP contribution >= 0.6 is 0 Å². The van der Waals surface area contributed by atoms with Gasteiger partial charge < -0.3 is 14.2 Å². The number of aromatic nitrogens is 1. The first kappa shape index (κ1) is 19.6. The second kappa shape index (κ2) is 7.27. The van der Waals surface area contributed by atoms with E-state index in [-0.39, 0.29) is 40.7 Å². The fourth-order valence-corrected chi connectivity index (χ4v) is 5.86. The fourth-order valence-electron chi connectivity index (χ4n) is 4.65. The minimum absolute atomic E-state index is 0.00548. The van der Waals surface area contributed by atoms with Crippen LogP contribution < -0.4 is 5.56 Å². The van der Waals surface area contributed by atoms with Crippen LogP contribution in [-0.4, -0.2) is 72.7 Å². The van der Waals surface area contributed by atoms with Crippen LogP contribution in [0.15, 0.2) is 16.9 Å². The maximum absolute atomic E-state index is 13.1. The van der Waals surface area contributed by atoms with Crippen LogP contribution in [0.25, 0.3) is 0 Å². The van der Waals surface area contributed by atoms with Crippen LogP contribution in [0.4, 0.5) is 0 Å². The van der Waals surface area contributed by atoms with E-state index < -0.39 is 10.0 Å². The lowest BCUT2D eigenvalue weighted by atomic mass is 9.84. The number of nitrogens with zero attached hydrogens (tertiary/aromatic N) is 3. The molecular weight excluding hydrogens is 382 g/mol. The van der Waals surface area contributed by atoms with Crippen molar-refractivity contribution in [3.8, 4) is 0 Å². The van der Waals surface area contributed by atoms with E-state index in [0.717, 1.165) is 12.1 Å². The van der Waals surface area contributed by atoms with Crippen molar-refractivity contribution in [2.45, 2.75) is 38.8 Å². The minimum Gasteiger partial charge on any atom is -0.375 e. The van der Waals surface area contributed by atoms with Gasteiger partial charge in [-0.25, -0.2) is 12.7 Å². The second-order valence-electron chi connectivity index (χ2n) is 8.04. The van der Waals surface area contributed by atoms with Gasteiger partial charge in [-0.15, -0.1) is 0 Å². The molecule has 8 nitrogen and oxygen atoms in total. The van der Waals surface area contributed by atoms with Gasteiger partial charge in [0.2, 0.25) is 10.0 Å². The van der Waals surface area contributed by atoms with Gasteiger partial charge in [0.25, 0.3) is 11.5 Å². The van der Waals surface area contributed by atoms with Crippen LogP contribution in [0, 0.1) is 5.92 Å². The normalized spacial score (nSPS) is 28.1. The number of sulfonamides is 1. The van der Waals surface area contributed by atoms with Crippen LogP contribution in [0.3, 0.4) is 0 Å². The molecule has 0 aromatic carbocycles. The molecule has 3 aliphatic heterocycles. The van der Waals surface area contributed by atoms with Crippen LogP contribution in [0.2, 0.25) is 0 Å². The molecule has 1 aromatic heterocycles. The summed E-state index contributed by atoms with van der Waals surface area (Å²) in [6.07, 6.45) is 0.840. The summed E-state index contributed by atoms with van der Waals surface area (Å²) < 4.78 is 33.4. The zero-order valence-electron chi connectivity index (χ0n) is 16.3. The lowest BCUT2D eigenvalue weighted by molar-refractivity contribution is -0.0125. The Morgan fingerprint density at radius 3 is 2.71 bits per heavy atom. The molecule has 0 saturated carbocycles. The maximum Gasteiger partial charge on any atom is 0.263 e. The first-order valence-corrected chi connectivity index (χ1v) is 11.5. The quantitative estimate of drug-likeness (QED) is 0.724. The van der Waals surface area contributed by atoms with Gasteiger partial charge in [0, 0.05) is 44.3 Å². The van der Waals surface area contributed by atoms with Crippen molar-refractivity contribution in [2.24, 2.45) is 5.92 Å². The molecule has 9 heteroatoms. The molecule has 154 valence electrons. The molecule has 0 aliphatic carbocycles. The Kier molecular flexibility index (Phi) is 5.09. The van der Waals surface area contributed by atoms with Crippen LogP contribution in [0.5, 0.6) is 0 Å². The smallest absolute Gasteiger partial charge is 0.263 e. The third-order valence-corrected chi connectivity index (χ3v) is 7.90. The molecule has 2 fully saturated rings. The second-order valence-corrected chi connectivity index (χ2v) is 10.3. The van der Waals surface area contributed by atoms with E-state index in [2.05, 4.69) is 0 Å². The highest BCUT2D eigenvalue weighted by Crippen LogP contribution is 2.36. The van der Waals surface area contributed by atoms with Crippen molar-refractivity contribution in [2.75, 3.05) is 38.5 Å². The van der Waals surface area contributed by atoms with Gasteiger partial charge in [0.05, 0.1) is 18.5 Å². The van der Waals surface area contributed by atoms with Gasteiger partial charge in [-0.3, -0.25) is 9.59 Å². The maximum atomic E-state index is 13.1. The van der Waals surface area contributed by atoms with E-state index >= 15 is 0 Å². The Labute approximate surface area is 165 Å². The van der Waals surface area contributed by atoms with Crippen molar-refractivity contribution >= 4 is 15.9 Å². The first-order valence-electron chi connectivity index (χ1n) is 9.92. The van der Waals surface area contributed by atoms with Gasteiger partial charge in [-0.05, 0) is 38.3 Å². The van der Waals surface area contributed by atoms with Gasteiger partial charge in [0.1, 0.15) is 5.56 Å². The fraction of sp³-hybridized carbons (Fsp3) is 0.684. The number of carbonyl (C=O) groups is 1. The largest absolute Gasteiger partial charge is 0.375 e. The molecular formula is C19H27N3O5S.